The Morgan fingerprint density at radius 3 is 3.00 bits per heavy atom. The number of hydrogen-bond acceptors (Lipinski definition) is 6. The number of carbonyl (C=O) groups excluding carboxylic acids is 1. The lowest BCUT2D eigenvalue weighted by molar-refractivity contribution is 0.104. The lowest BCUT2D eigenvalue weighted by Crippen LogP contribution is -1.99. The van der Waals surface area contributed by atoms with Crippen molar-refractivity contribution in [1.82, 2.24) is 20.1 Å². The van der Waals surface area contributed by atoms with Gasteiger partial charge in [0.15, 0.2) is 10.8 Å². The van der Waals surface area contributed by atoms with E-state index in [2.05, 4.69) is 20.1 Å². The van der Waals surface area contributed by atoms with Crippen molar-refractivity contribution in [2.75, 3.05) is 0 Å². The quantitative estimate of drug-likeness (QED) is 0.570. The molecular weight excluding hydrogens is 336 g/mol. The van der Waals surface area contributed by atoms with Gasteiger partial charge in [-0.3, -0.25) is 4.79 Å². The zero-order valence-electron chi connectivity index (χ0n) is 11.8. The molecule has 1 N–H and O–H groups in total. The average Bonchev–Trinajstić information content (AvgIpc) is 3.24. The van der Waals surface area contributed by atoms with Crippen molar-refractivity contribution in [1.29, 1.82) is 0 Å². The fourth-order valence-electron chi connectivity index (χ4n) is 2.27. The molecule has 8 heteroatoms. The third-order valence-electron chi connectivity index (χ3n) is 3.33. The van der Waals surface area contributed by atoms with Crippen molar-refractivity contribution in [2.24, 2.45) is 0 Å². The normalized spacial score (nSPS) is 11.2. The van der Waals surface area contributed by atoms with Gasteiger partial charge in [0.1, 0.15) is 5.69 Å². The summed E-state index contributed by atoms with van der Waals surface area (Å²) in [6.45, 7) is 1.72. The molecule has 23 heavy (non-hydrogen) atoms. The first-order valence-electron chi connectivity index (χ1n) is 6.69. The van der Waals surface area contributed by atoms with Gasteiger partial charge in [0.25, 0.3) is 5.89 Å². The number of halogens is 1. The molecule has 114 valence electrons. The Kier molecular flexibility index (Phi) is 3.24. The summed E-state index contributed by atoms with van der Waals surface area (Å²) in [6.07, 6.45) is 1.67. The highest BCUT2D eigenvalue weighted by molar-refractivity contribution is 7.12. The van der Waals surface area contributed by atoms with Gasteiger partial charge in [-0.25, -0.2) is 4.98 Å². The molecule has 0 aliphatic rings. The molecule has 0 fully saturated rings. The zero-order valence-corrected chi connectivity index (χ0v) is 13.4. The standard InChI is InChI=1S/C15H9ClN4O2S/c1-7-18-14(22-20-7)12-6-23-15(19-12)13(21)10-5-17-11-3-2-8(16)4-9(10)11/h2-6,17H,1H3. The fraction of sp³-hybridized carbons (Fsp3) is 0.0667. The third kappa shape index (κ3) is 2.43. The van der Waals surface area contributed by atoms with E-state index < -0.39 is 0 Å². The minimum atomic E-state index is -0.175. The number of benzene rings is 1. The van der Waals surface area contributed by atoms with E-state index >= 15 is 0 Å². The molecule has 4 rings (SSSR count). The first kappa shape index (κ1) is 14.1. The molecule has 0 bridgehead atoms. The molecule has 0 spiro atoms. The number of ketones is 1. The molecule has 0 aliphatic heterocycles. The van der Waals surface area contributed by atoms with Crippen LogP contribution in [0.4, 0.5) is 0 Å². The van der Waals surface area contributed by atoms with Crippen LogP contribution in [0.1, 0.15) is 21.2 Å². The topological polar surface area (TPSA) is 84.7 Å². The van der Waals surface area contributed by atoms with E-state index in [-0.39, 0.29) is 5.78 Å². The average molecular weight is 345 g/mol. The number of rotatable bonds is 3. The second kappa shape index (κ2) is 5.29. The largest absolute Gasteiger partial charge is 0.360 e. The number of aromatic nitrogens is 4. The van der Waals surface area contributed by atoms with Crippen LogP contribution < -0.4 is 0 Å². The molecular formula is C15H9ClN4O2S. The molecule has 3 heterocycles. The van der Waals surface area contributed by atoms with Crippen LogP contribution in [0.3, 0.4) is 0 Å². The van der Waals surface area contributed by atoms with Crippen LogP contribution in [0, 0.1) is 6.92 Å². The molecule has 0 unspecified atom stereocenters. The van der Waals surface area contributed by atoms with Gasteiger partial charge in [-0.1, -0.05) is 16.8 Å². The van der Waals surface area contributed by atoms with Gasteiger partial charge in [0.2, 0.25) is 5.78 Å². The van der Waals surface area contributed by atoms with Gasteiger partial charge in [-0.15, -0.1) is 11.3 Å². The first-order chi connectivity index (χ1) is 11.1. The first-order valence-corrected chi connectivity index (χ1v) is 7.95. The molecule has 0 radical (unpaired) electrons. The molecule has 0 saturated heterocycles. The highest BCUT2D eigenvalue weighted by atomic mass is 35.5. The van der Waals surface area contributed by atoms with E-state index in [1.165, 1.54) is 11.3 Å². The van der Waals surface area contributed by atoms with Crippen molar-refractivity contribution in [2.45, 2.75) is 6.92 Å². The number of nitrogens with zero attached hydrogens (tertiary/aromatic N) is 3. The number of nitrogens with one attached hydrogen (secondary N) is 1. The summed E-state index contributed by atoms with van der Waals surface area (Å²) in [4.78, 5) is 24.2. The Hall–Kier alpha value is -2.51. The van der Waals surface area contributed by atoms with Crippen LogP contribution in [0.25, 0.3) is 22.5 Å². The summed E-state index contributed by atoms with van der Waals surface area (Å²) in [5.41, 5.74) is 1.88. The molecule has 0 atom stereocenters. The van der Waals surface area contributed by atoms with E-state index in [9.17, 15) is 4.79 Å². The van der Waals surface area contributed by atoms with E-state index in [0.717, 1.165) is 10.9 Å². The summed E-state index contributed by atoms with van der Waals surface area (Å²) in [7, 11) is 0. The molecule has 6 nitrogen and oxygen atoms in total. The molecule has 0 amide bonds. The summed E-state index contributed by atoms with van der Waals surface area (Å²) in [6, 6.07) is 5.37. The van der Waals surface area contributed by atoms with E-state index in [1.807, 2.05) is 6.07 Å². The Bertz CT molecular complexity index is 1030. The van der Waals surface area contributed by atoms with Crippen LogP contribution in [0.2, 0.25) is 5.02 Å². The van der Waals surface area contributed by atoms with Gasteiger partial charge >= 0.3 is 0 Å². The number of H-pyrrole nitrogens is 1. The minimum Gasteiger partial charge on any atom is -0.360 e. The minimum absolute atomic E-state index is 0.175. The fourth-order valence-corrected chi connectivity index (χ4v) is 3.19. The van der Waals surface area contributed by atoms with Gasteiger partial charge in [-0.05, 0) is 25.1 Å². The van der Waals surface area contributed by atoms with Crippen LogP contribution >= 0.6 is 22.9 Å². The molecule has 0 aliphatic carbocycles. The summed E-state index contributed by atoms with van der Waals surface area (Å²) < 4.78 is 5.07. The number of fused-ring (bicyclic) bond motifs is 1. The van der Waals surface area contributed by atoms with E-state index in [1.54, 1.807) is 30.6 Å². The van der Waals surface area contributed by atoms with Gasteiger partial charge in [0, 0.05) is 27.5 Å². The zero-order chi connectivity index (χ0) is 16.0. The Labute approximate surface area is 139 Å². The SMILES string of the molecule is Cc1noc(-c2csc(C(=O)c3c[nH]c4ccc(Cl)cc34)n2)n1. The van der Waals surface area contributed by atoms with Crippen molar-refractivity contribution < 1.29 is 9.32 Å². The highest BCUT2D eigenvalue weighted by Gasteiger charge is 2.20. The van der Waals surface area contributed by atoms with Crippen molar-refractivity contribution >= 4 is 39.6 Å². The number of hydrogen-bond donors (Lipinski definition) is 1. The maximum atomic E-state index is 12.7. The van der Waals surface area contributed by atoms with Crippen molar-refractivity contribution in [3.05, 3.63) is 51.2 Å². The Morgan fingerprint density at radius 2 is 2.22 bits per heavy atom. The predicted octanol–water partition coefficient (Wildman–Crippen LogP) is 3.87. The second-order valence-electron chi connectivity index (χ2n) is 4.91. The number of thiazole rings is 1. The van der Waals surface area contributed by atoms with Gasteiger partial charge in [-0.2, -0.15) is 4.98 Å². The van der Waals surface area contributed by atoms with Crippen molar-refractivity contribution in [3.8, 4) is 11.6 Å². The van der Waals surface area contributed by atoms with Crippen LogP contribution in [0.5, 0.6) is 0 Å². The van der Waals surface area contributed by atoms with Crippen LogP contribution in [-0.2, 0) is 0 Å². The molecule has 3 aromatic heterocycles. The number of carbonyl (C=O) groups is 1. The van der Waals surface area contributed by atoms with Gasteiger partial charge < -0.3 is 9.51 Å². The molecule has 1 aromatic carbocycles. The van der Waals surface area contributed by atoms with E-state index in [0.29, 0.717) is 33.0 Å². The number of aromatic amines is 1. The summed E-state index contributed by atoms with van der Waals surface area (Å²) in [5, 5.41) is 7.15. The number of aryl methyl sites for hydroxylation is 1. The highest BCUT2D eigenvalue weighted by Crippen LogP contribution is 2.27. The second-order valence-corrected chi connectivity index (χ2v) is 6.20. The van der Waals surface area contributed by atoms with Crippen molar-refractivity contribution in [3.63, 3.8) is 0 Å². The van der Waals surface area contributed by atoms with Crippen LogP contribution in [0.15, 0.2) is 34.3 Å². The Balaban J connectivity index is 1.74. The molecule has 0 saturated carbocycles. The predicted molar refractivity (Wildman–Crippen MR) is 86.9 cm³/mol. The summed E-state index contributed by atoms with van der Waals surface area (Å²) in [5.74, 6) is 0.651. The maximum absolute atomic E-state index is 12.7. The third-order valence-corrected chi connectivity index (χ3v) is 4.41. The lowest BCUT2D eigenvalue weighted by Gasteiger charge is -1.96. The van der Waals surface area contributed by atoms with Gasteiger partial charge in [0.05, 0.1) is 5.56 Å². The van der Waals surface area contributed by atoms with Crippen LogP contribution in [-0.4, -0.2) is 25.9 Å². The smallest absolute Gasteiger partial charge is 0.277 e. The monoisotopic (exact) mass is 344 g/mol. The Morgan fingerprint density at radius 1 is 1.35 bits per heavy atom. The summed E-state index contributed by atoms with van der Waals surface area (Å²) >= 11 is 7.26. The lowest BCUT2D eigenvalue weighted by atomic mass is 10.1. The van der Waals surface area contributed by atoms with E-state index in [4.69, 9.17) is 16.1 Å². The maximum Gasteiger partial charge on any atom is 0.277 e. The molecule has 4 aromatic rings.